The Bertz CT molecular complexity index is 653. The van der Waals surface area contributed by atoms with Crippen LogP contribution in [0.4, 0.5) is 0 Å². The van der Waals surface area contributed by atoms with Crippen molar-refractivity contribution in [1.29, 1.82) is 0 Å². The molecule has 2 N–H and O–H groups in total. The fourth-order valence-corrected chi connectivity index (χ4v) is 3.97. The zero-order valence-electron chi connectivity index (χ0n) is 13.3. The molecule has 0 saturated carbocycles. The van der Waals surface area contributed by atoms with Gasteiger partial charge in [0.05, 0.1) is 10.8 Å². The number of nitrogens with two attached hydrogens (primary N) is 1. The topological polar surface area (TPSA) is 83.7 Å². The Kier molecular flexibility index (Phi) is 5.67. The maximum Gasteiger partial charge on any atom is 0.243 e. The minimum Gasteiger partial charge on any atom is -0.340 e. The number of hydrogen-bond acceptors (Lipinski definition) is 4. The molecule has 1 fully saturated rings. The molecular weight excluding hydrogens is 338 g/mol. The van der Waals surface area contributed by atoms with E-state index in [9.17, 15) is 13.2 Å². The third kappa shape index (κ3) is 4.03. The van der Waals surface area contributed by atoms with Gasteiger partial charge >= 0.3 is 0 Å². The highest BCUT2D eigenvalue weighted by atomic mass is 35.5. The van der Waals surface area contributed by atoms with Gasteiger partial charge in [0, 0.05) is 37.2 Å². The van der Waals surface area contributed by atoms with Gasteiger partial charge in [0.2, 0.25) is 15.9 Å². The van der Waals surface area contributed by atoms with E-state index < -0.39 is 10.0 Å². The predicted molar refractivity (Wildman–Crippen MR) is 89.6 cm³/mol. The molecule has 1 aliphatic heterocycles. The van der Waals surface area contributed by atoms with Gasteiger partial charge in [-0.2, -0.15) is 4.31 Å². The summed E-state index contributed by atoms with van der Waals surface area (Å²) in [5.74, 6) is -0.294. The number of piperazine rings is 1. The number of rotatable bonds is 4. The van der Waals surface area contributed by atoms with Crippen LogP contribution in [-0.4, -0.2) is 55.8 Å². The maximum atomic E-state index is 12.6. The predicted octanol–water partition coefficient (Wildman–Crippen LogP) is 1.16. The standard InChI is InChI=1S/C15H22ClN3O3S/c1-11(12(2)17)15(20)18-7-9-19(10-8-18)23(21,22)14-5-3-13(16)4-6-14/h3-6,11-12H,7-10,17H2,1-2H3. The molecule has 0 aliphatic carbocycles. The molecule has 0 radical (unpaired) electrons. The summed E-state index contributed by atoms with van der Waals surface area (Å²) in [7, 11) is -3.55. The van der Waals surface area contributed by atoms with Gasteiger partial charge in [-0.25, -0.2) is 8.42 Å². The highest BCUT2D eigenvalue weighted by Crippen LogP contribution is 2.20. The molecule has 2 atom stereocenters. The monoisotopic (exact) mass is 359 g/mol. The molecule has 1 aromatic rings. The van der Waals surface area contributed by atoms with Crippen molar-refractivity contribution in [3.8, 4) is 0 Å². The van der Waals surface area contributed by atoms with E-state index in [1.807, 2.05) is 0 Å². The van der Waals surface area contributed by atoms with Crippen LogP contribution in [0, 0.1) is 5.92 Å². The van der Waals surface area contributed by atoms with Gasteiger partial charge in [-0.05, 0) is 31.2 Å². The molecule has 23 heavy (non-hydrogen) atoms. The highest BCUT2D eigenvalue weighted by Gasteiger charge is 2.32. The number of amides is 1. The van der Waals surface area contributed by atoms with Crippen LogP contribution in [0.25, 0.3) is 0 Å². The average Bonchev–Trinajstić information content (AvgIpc) is 2.54. The molecule has 2 rings (SSSR count). The maximum absolute atomic E-state index is 12.6. The van der Waals surface area contributed by atoms with E-state index in [1.54, 1.807) is 30.9 Å². The van der Waals surface area contributed by atoms with Crippen molar-refractivity contribution in [3.63, 3.8) is 0 Å². The smallest absolute Gasteiger partial charge is 0.243 e. The first kappa shape index (κ1) is 18.2. The van der Waals surface area contributed by atoms with Crippen molar-refractivity contribution in [2.75, 3.05) is 26.2 Å². The summed E-state index contributed by atoms with van der Waals surface area (Å²) in [5, 5.41) is 0.490. The van der Waals surface area contributed by atoms with E-state index in [0.717, 1.165) is 0 Å². The molecule has 2 unspecified atom stereocenters. The number of carbonyl (C=O) groups excluding carboxylic acids is 1. The lowest BCUT2D eigenvalue weighted by atomic mass is 10.0. The van der Waals surface area contributed by atoms with Gasteiger partial charge in [-0.1, -0.05) is 18.5 Å². The largest absolute Gasteiger partial charge is 0.340 e. The third-order valence-corrected chi connectivity index (χ3v) is 6.34. The summed E-state index contributed by atoms with van der Waals surface area (Å²) in [6.07, 6.45) is 0. The minimum absolute atomic E-state index is 0.0245. The van der Waals surface area contributed by atoms with Crippen molar-refractivity contribution >= 4 is 27.5 Å². The Morgan fingerprint density at radius 2 is 1.65 bits per heavy atom. The fraction of sp³-hybridized carbons (Fsp3) is 0.533. The number of hydrogen-bond donors (Lipinski definition) is 1. The number of sulfonamides is 1. The summed E-state index contributed by atoms with van der Waals surface area (Å²) < 4.78 is 26.6. The van der Waals surface area contributed by atoms with Gasteiger partial charge in [-0.3, -0.25) is 4.79 Å². The van der Waals surface area contributed by atoms with Crippen molar-refractivity contribution in [1.82, 2.24) is 9.21 Å². The molecule has 1 amide bonds. The lowest BCUT2D eigenvalue weighted by molar-refractivity contribution is -0.136. The highest BCUT2D eigenvalue weighted by molar-refractivity contribution is 7.89. The third-order valence-electron chi connectivity index (χ3n) is 4.18. The van der Waals surface area contributed by atoms with Gasteiger partial charge in [0.15, 0.2) is 0 Å². The molecular formula is C15H22ClN3O3S. The van der Waals surface area contributed by atoms with Crippen molar-refractivity contribution in [3.05, 3.63) is 29.3 Å². The molecule has 0 spiro atoms. The first-order valence-corrected chi connectivity index (χ1v) is 9.35. The number of halogens is 1. The number of nitrogens with zero attached hydrogens (tertiary/aromatic N) is 2. The van der Waals surface area contributed by atoms with Crippen LogP contribution in [0.5, 0.6) is 0 Å². The molecule has 0 aromatic heterocycles. The number of carbonyl (C=O) groups is 1. The molecule has 1 aromatic carbocycles. The van der Waals surface area contributed by atoms with Crippen molar-refractivity contribution in [2.45, 2.75) is 24.8 Å². The first-order valence-electron chi connectivity index (χ1n) is 7.53. The quantitative estimate of drug-likeness (QED) is 0.874. The van der Waals surface area contributed by atoms with Crippen LogP contribution < -0.4 is 5.73 Å². The summed E-state index contributed by atoms with van der Waals surface area (Å²) >= 11 is 5.79. The van der Waals surface area contributed by atoms with Crippen LogP contribution in [0.3, 0.4) is 0 Å². The van der Waals surface area contributed by atoms with E-state index >= 15 is 0 Å². The molecule has 0 bridgehead atoms. The zero-order chi connectivity index (χ0) is 17.2. The van der Waals surface area contributed by atoms with E-state index in [2.05, 4.69) is 0 Å². The Morgan fingerprint density at radius 1 is 1.13 bits per heavy atom. The molecule has 1 saturated heterocycles. The van der Waals surface area contributed by atoms with E-state index in [-0.39, 0.29) is 35.9 Å². The van der Waals surface area contributed by atoms with Crippen LogP contribution in [-0.2, 0) is 14.8 Å². The van der Waals surface area contributed by atoms with Crippen LogP contribution in [0.15, 0.2) is 29.2 Å². The lowest BCUT2D eigenvalue weighted by Gasteiger charge is -2.35. The van der Waals surface area contributed by atoms with Crippen molar-refractivity contribution in [2.24, 2.45) is 11.7 Å². The Morgan fingerprint density at radius 3 is 2.13 bits per heavy atom. The first-order chi connectivity index (χ1) is 10.7. The Hall–Kier alpha value is -1.15. The number of benzene rings is 1. The fourth-order valence-electron chi connectivity index (χ4n) is 2.42. The second-order valence-electron chi connectivity index (χ2n) is 5.83. The summed E-state index contributed by atoms with van der Waals surface area (Å²) in [4.78, 5) is 14.2. The summed E-state index contributed by atoms with van der Waals surface area (Å²) in [6.45, 7) is 4.91. The van der Waals surface area contributed by atoms with E-state index in [1.165, 1.54) is 16.4 Å². The van der Waals surface area contributed by atoms with Crippen LogP contribution >= 0.6 is 11.6 Å². The van der Waals surface area contributed by atoms with E-state index in [0.29, 0.717) is 18.1 Å². The molecule has 1 aliphatic rings. The zero-order valence-corrected chi connectivity index (χ0v) is 14.8. The van der Waals surface area contributed by atoms with Crippen LogP contribution in [0.1, 0.15) is 13.8 Å². The van der Waals surface area contributed by atoms with Gasteiger partial charge in [0.25, 0.3) is 0 Å². The molecule has 128 valence electrons. The van der Waals surface area contributed by atoms with Gasteiger partial charge in [0.1, 0.15) is 0 Å². The van der Waals surface area contributed by atoms with Gasteiger partial charge < -0.3 is 10.6 Å². The summed E-state index contributed by atoms with van der Waals surface area (Å²) in [6, 6.07) is 5.87. The Balaban J connectivity index is 2.04. The second-order valence-corrected chi connectivity index (χ2v) is 8.21. The molecule has 6 nitrogen and oxygen atoms in total. The Labute approximate surface area is 142 Å². The summed E-state index contributed by atoms with van der Waals surface area (Å²) in [5.41, 5.74) is 5.76. The molecule has 8 heteroatoms. The van der Waals surface area contributed by atoms with Crippen LogP contribution in [0.2, 0.25) is 5.02 Å². The van der Waals surface area contributed by atoms with Crippen molar-refractivity contribution < 1.29 is 13.2 Å². The molecule has 1 heterocycles. The lowest BCUT2D eigenvalue weighted by Crippen LogP contribution is -2.53. The average molecular weight is 360 g/mol. The minimum atomic E-state index is -3.55. The SMILES string of the molecule is CC(N)C(C)C(=O)N1CCN(S(=O)(=O)c2ccc(Cl)cc2)CC1. The second kappa shape index (κ2) is 7.17. The van der Waals surface area contributed by atoms with Gasteiger partial charge in [-0.15, -0.1) is 0 Å². The van der Waals surface area contributed by atoms with E-state index in [4.69, 9.17) is 17.3 Å². The normalized spacial score (nSPS) is 19.4.